The van der Waals surface area contributed by atoms with Crippen LogP contribution in [0.1, 0.15) is 47.9 Å². The second kappa shape index (κ2) is 8.84. The number of hydrogen-bond acceptors (Lipinski definition) is 4. The zero-order chi connectivity index (χ0) is 22.0. The molecule has 31 heavy (non-hydrogen) atoms. The minimum Gasteiger partial charge on any atom is -0.490 e. The van der Waals surface area contributed by atoms with Gasteiger partial charge in [0.2, 0.25) is 5.91 Å². The molecule has 4 rings (SSSR count). The van der Waals surface area contributed by atoms with E-state index in [1.54, 1.807) is 0 Å². The van der Waals surface area contributed by atoms with Crippen molar-refractivity contribution in [2.45, 2.75) is 39.8 Å². The molecule has 0 fully saturated rings. The third-order valence-electron chi connectivity index (χ3n) is 5.81. The van der Waals surface area contributed by atoms with Crippen LogP contribution < -0.4 is 14.8 Å². The lowest BCUT2D eigenvalue weighted by molar-refractivity contribution is -0.122. The second-order valence-electron chi connectivity index (χ2n) is 8.27. The summed E-state index contributed by atoms with van der Waals surface area (Å²) in [5.74, 6) is 1.54. The summed E-state index contributed by atoms with van der Waals surface area (Å²) in [6.07, 6.45) is 1.71. The van der Waals surface area contributed by atoms with Crippen molar-refractivity contribution in [3.63, 3.8) is 0 Å². The van der Waals surface area contributed by atoms with E-state index in [4.69, 9.17) is 9.47 Å². The fraction of sp³-hybridized carbons (Fsp3) is 0.360. The number of fused-ring (bicyclic) bond motifs is 2. The van der Waals surface area contributed by atoms with Crippen LogP contribution in [0.5, 0.6) is 11.5 Å². The third kappa shape index (κ3) is 4.15. The molecule has 6 nitrogen and oxygen atoms in total. The maximum atomic E-state index is 13.1. The molecule has 1 aromatic heterocycles. The molecule has 0 aliphatic carbocycles. The summed E-state index contributed by atoms with van der Waals surface area (Å²) in [7, 11) is 0. The first-order valence-corrected chi connectivity index (χ1v) is 10.7. The van der Waals surface area contributed by atoms with Gasteiger partial charge in [0.1, 0.15) is 6.54 Å². The molecule has 1 N–H and O–H groups in total. The average Bonchev–Trinajstić information content (AvgIpc) is 2.90. The smallest absolute Gasteiger partial charge is 0.240 e. The number of nitrogens with zero attached hydrogens (tertiary/aromatic N) is 1. The minimum atomic E-state index is -0.169. The van der Waals surface area contributed by atoms with Crippen LogP contribution >= 0.6 is 0 Å². The Kier molecular flexibility index (Phi) is 5.98. The van der Waals surface area contributed by atoms with E-state index in [2.05, 4.69) is 19.2 Å². The number of aldehydes is 1. The van der Waals surface area contributed by atoms with Gasteiger partial charge in [-0.2, -0.15) is 0 Å². The largest absolute Gasteiger partial charge is 0.490 e. The summed E-state index contributed by atoms with van der Waals surface area (Å²) in [5.41, 5.74) is 3.29. The van der Waals surface area contributed by atoms with Crippen molar-refractivity contribution in [2.24, 2.45) is 5.92 Å². The number of aromatic nitrogens is 1. The third-order valence-corrected chi connectivity index (χ3v) is 5.81. The van der Waals surface area contributed by atoms with Crippen LogP contribution in [0.25, 0.3) is 10.9 Å². The fourth-order valence-corrected chi connectivity index (χ4v) is 4.18. The monoisotopic (exact) mass is 420 g/mol. The predicted molar refractivity (Wildman–Crippen MR) is 120 cm³/mol. The maximum absolute atomic E-state index is 13.1. The highest BCUT2D eigenvalue weighted by Crippen LogP contribution is 2.34. The Labute approximate surface area is 182 Å². The number of nitrogens with one attached hydrogen (secondary N) is 1. The van der Waals surface area contributed by atoms with Crippen molar-refractivity contribution in [1.82, 2.24) is 9.88 Å². The maximum Gasteiger partial charge on any atom is 0.240 e. The first-order chi connectivity index (χ1) is 15.0. The Balaban J connectivity index is 1.58. The molecule has 1 unspecified atom stereocenters. The van der Waals surface area contributed by atoms with Gasteiger partial charge in [-0.05, 0) is 36.6 Å². The first kappa shape index (κ1) is 21.0. The molecule has 0 saturated carbocycles. The second-order valence-corrected chi connectivity index (χ2v) is 8.27. The van der Waals surface area contributed by atoms with Crippen LogP contribution in [0.4, 0.5) is 0 Å². The lowest BCUT2D eigenvalue weighted by Crippen LogP contribution is -2.34. The Bertz CT molecular complexity index is 1120. The van der Waals surface area contributed by atoms with E-state index in [9.17, 15) is 9.59 Å². The van der Waals surface area contributed by atoms with Crippen LogP contribution in [0.3, 0.4) is 0 Å². The van der Waals surface area contributed by atoms with Gasteiger partial charge in [0, 0.05) is 28.6 Å². The zero-order valence-corrected chi connectivity index (χ0v) is 18.2. The molecule has 0 radical (unpaired) electrons. The molecule has 0 saturated heterocycles. The van der Waals surface area contributed by atoms with E-state index in [0.29, 0.717) is 18.8 Å². The number of amides is 1. The summed E-state index contributed by atoms with van der Waals surface area (Å²) in [5, 5.41) is 4.05. The van der Waals surface area contributed by atoms with E-state index in [1.807, 2.05) is 54.0 Å². The number of hydrogen-bond donors (Lipinski definition) is 1. The Morgan fingerprint density at radius 1 is 1.13 bits per heavy atom. The standard InChI is InChI=1S/C25H28N2O4/c1-16(2)25(18-9-10-22-23(13-18)31-12-6-11-30-22)26-24(29)14-27-17(3)20(15-28)19-7-4-5-8-21(19)27/h4-5,7-10,13,15-16,25H,6,11-12,14H2,1-3H3,(H,26,29). The molecule has 1 amide bonds. The number of benzene rings is 2. The lowest BCUT2D eigenvalue weighted by Gasteiger charge is -2.24. The normalized spacial score (nSPS) is 14.3. The van der Waals surface area contributed by atoms with Crippen molar-refractivity contribution < 1.29 is 19.1 Å². The SMILES string of the molecule is Cc1c(C=O)c2ccccc2n1CC(=O)NC(c1ccc2c(c1)OCCCO2)C(C)C. The van der Waals surface area contributed by atoms with E-state index in [1.165, 1.54) is 0 Å². The number of carbonyl (C=O) groups excluding carboxylic acids is 2. The van der Waals surface area contributed by atoms with Crippen molar-refractivity contribution in [3.05, 3.63) is 59.3 Å². The Morgan fingerprint density at radius 3 is 2.61 bits per heavy atom. The summed E-state index contributed by atoms with van der Waals surface area (Å²) in [4.78, 5) is 24.7. The highest BCUT2D eigenvalue weighted by atomic mass is 16.5. The van der Waals surface area contributed by atoms with E-state index < -0.39 is 0 Å². The van der Waals surface area contributed by atoms with Crippen LogP contribution in [-0.4, -0.2) is 30.0 Å². The van der Waals surface area contributed by atoms with Crippen LogP contribution in [0.2, 0.25) is 0 Å². The Morgan fingerprint density at radius 2 is 1.87 bits per heavy atom. The number of rotatable bonds is 6. The van der Waals surface area contributed by atoms with Gasteiger partial charge in [-0.15, -0.1) is 0 Å². The molecule has 1 atom stereocenters. The van der Waals surface area contributed by atoms with Gasteiger partial charge < -0.3 is 19.4 Å². The van der Waals surface area contributed by atoms with E-state index in [0.717, 1.165) is 46.4 Å². The van der Waals surface area contributed by atoms with Crippen LogP contribution in [0, 0.1) is 12.8 Å². The molecular formula is C25H28N2O4. The van der Waals surface area contributed by atoms with Gasteiger partial charge >= 0.3 is 0 Å². The molecule has 162 valence electrons. The average molecular weight is 421 g/mol. The van der Waals surface area contributed by atoms with Gasteiger partial charge in [-0.25, -0.2) is 0 Å². The van der Waals surface area contributed by atoms with Gasteiger partial charge in [-0.1, -0.05) is 38.1 Å². The predicted octanol–water partition coefficient (Wildman–Crippen LogP) is 4.44. The highest BCUT2D eigenvalue weighted by molar-refractivity contribution is 6.00. The summed E-state index contributed by atoms with van der Waals surface area (Å²) < 4.78 is 13.5. The van der Waals surface area contributed by atoms with Gasteiger partial charge in [0.25, 0.3) is 0 Å². The Hall–Kier alpha value is -3.28. The fourth-order valence-electron chi connectivity index (χ4n) is 4.18. The summed E-state index contributed by atoms with van der Waals surface area (Å²) in [6, 6.07) is 13.4. The minimum absolute atomic E-state index is 0.105. The highest BCUT2D eigenvalue weighted by Gasteiger charge is 2.22. The number of carbonyl (C=O) groups is 2. The molecule has 3 aromatic rings. The van der Waals surface area contributed by atoms with Gasteiger partial charge in [0.05, 0.1) is 19.3 Å². The lowest BCUT2D eigenvalue weighted by atomic mass is 9.95. The molecular weight excluding hydrogens is 392 g/mol. The number of para-hydroxylation sites is 1. The van der Waals surface area contributed by atoms with Crippen molar-refractivity contribution >= 4 is 23.1 Å². The molecule has 1 aliphatic rings. The molecule has 0 bridgehead atoms. The quantitative estimate of drug-likeness (QED) is 0.599. The van der Waals surface area contributed by atoms with Crippen LogP contribution in [0.15, 0.2) is 42.5 Å². The van der Waals surface area contributed by atoms with E-state index >= 15 is 0 Å². The van der Waals surface area contributed by atoms with Crippen molar-refractivity contribution in [3.8, 4) is 11.5 Å². The van der Waals surface area contributed by atoms with Crippen molar-refractivity contribution in [1.29, 1.82) is 0 Å². The van der Waals surface area contributed by atoms with Crippen LogP contribution in [-0.2, 0) is 11.3 Å². The summed E-state index contributed by atoms with van der Waals surface area (Å²) >= 11 is 0. The zero-order valence-electron chi connectivity index (χ0n) is 18.2. The van der Waals surface area contributed by atoms with Gasteiger partial charge in [-0.3, -0.25) is 9.59 Å². The molecule has 1 aliphatic heterocycles. The number of ether oxygens (including phenoxy) is 2. The molecule has 2 heterocycles. The first-order valence-electron chi connectivity index (χ1n) is 10.7. The summed E-state index contributed by atoms with van der Waals surface area (Å²) in [6.45, 7) is 7.44. The molecule has 0 spiro atoms. The van der Waals surface area contributed by atoms with Crippen molar-refractivity contribution in [2.75, 3.05) is 13.2 Å². The van der Waals surface area contributed by atoms with Gasteiger partial charge in [0.15, 0.2) is 17.8 Å². The molecule has 6 heteroatoms. The molecule has 2 aromatic carbocycles. The topological polar surface area (TPSA) is 69.6 Å². The van der Waals surface area contributed by atoms with E-state index in [-0.39, 0.29) is 24.4 Å².